The van der Waals surface area contributed by atoms with E-state index in [1.54, 1.807) is 0 Å². The van der Waals surface area contributed by atoms with E-state index in [4.69, 9.17) is 10.9 Å². The summed E-state index contributed by atoms with van der Waals surface area (Å²) in [4.78, 5) is 2.65. The largest absolute Gasteiger partial charge is 0.409 e. The van der Waals surface area contributed by atoms with Crippen LogP contribution < -0.4 is 5.73 Å². The Balaban J connectivity index is 2.21. The maximum absolute atomic E-state index is 8.75. The Morgan fingerprint density at radius 2 is 1.89 bits per heavy atom. The van der Waals surface area contributed by atoms with Gasteiger partial charge in [0.1, 0.15) is 5.84 Å². The van der Waals surface area contributed by atoms with Crippen LogP contribution in [0.15, 0.2) is 5.16 Å². The summed E-state index contributed by atoms with van der Waals surface area (Å²) in [6.45, 7) is 8.79. The number of hydrogen-bond acceptors (Lipinski definition) is 3. The highest BCUT2D eigenvalue weighted by molar-refractivity contribution is 5.85. The zero-order valence-electron chi connectivity index (χ0n) is 12.9. The van der Waals surface area contributed by atoms with Gasteiger partial charge < -0.3 is 15.8 Å². The Bertz CT molecular complexity index is 285. The smallest absolute Gasteiger partial charge is 0.144 e. The topological polar surface area (TPSA) is 61.8 Å². The summed E-state index contributed by atoms with van der Waals surface area (Å²) in [5.41, 5.74) is 5.51. The van der Waals surface area contributed by atoms with E-state index in [-0.39, 0.29) is 5.41 Å². The van der Waals surface area contributed by atoms with Gasteiger partial charge in [-0.2, -0.15) is 0 Å². The molecule has 0 atom stereocenters. The molecule has 1 rings (SSSR count). The molecule has 0 aromatic carbocycles. The van der Waals surface area contributed by atoms with Crippen LogP contribution >= 0.6 is 0 Å². The van der Waals surface area contributed by atoms with Gasteiger partial charge in [0.25, 0.3) is 0 Å². The predicted octanol–water partition coefficient (Wildman–Crippen LogP) is 3.19. The van der Waals surface area contributed by atoms with E-state index in [1.165, 1.54) is 45.2 Å². The lowest BCUT2D eigenvalue weighted by Crippen LogP contribution is -2.32. The summed E-state index contributed by atoms with van der Waals surface area (Å²) in [6, 6.07) is 0.864. The standard InChI is InChI=1S/C15H31N3O/c1-4-5-11-18(13-8-9-13)12-7-6-10-15(2,3)14(16)17-19/h13,19H,4-12H2,1-3H3,(H2,16,17). The fraction of sp³-hybridized carbons (Fsp3) is 0.933. The van der Waals surface area contributed by atoms with E-state index >= 15 is 0 Å². The first kappa shape index (κ1) is 16.3. The van der Waals surface area contributed by atoms with Gasteiger partial charge in [-0.1, -0.05) is 38.8 Å². The Labute approximate surface area is 118 Å². The summed E-state index contributed by atoms with van der Waals surface area (Å²) in [7, 11) is 0. The Morgan fingerprint density at radius 1 is 1.26 bits per heavy atom. The third-order valence-corrected chi connectivity index (χ3v) is 4.16. The Kier molecular flexibility index (Phi) is 6.63. The van der Waals surface area contributed by atoms with Crippen molar-refractivity contribution in [2.75, 3.05) is 13.1 Å². The monoisotopic (exact) mass is 269 g/mol. The highest BCUT2D eigenvalue weighted by Crippen LogP contribution is 2.28. The van der Waals surface area contributed by atoms with Gasteiger partial charge in [0.2, 0.25) is 0 Å². The van der Waals surface area contributed by atoms with E-state index in [9.17, 15) is 0 Å². The molecule has 0 aliphatic heterocycles. The van der Waals surface area contributed by atoms with Crippen molar-refractivity contribution in [1.29, 1.82) is 0 Å². The third kappa shape index (κ3) is 5.81. The van der Waals surface area contributed by atoms with Crippen molar-refractivity contribution in [2.24, 2.45) is 16.3 Å². The lowest BCUT2D eigenvalue weighted by molar-refractivity contribution is 0.248. The number of rotatable bonds is 10. The lowest BCUT2D eigenvalue weighted by Gasteiger charge is -2.25. The molecule has 1 aliphatic rings. The number of oxime groups is 1. The van der Waals surface area contributed by atoms with Crippen molar-refractivity contribution in [3.63, 3.8) is 0 Å². The molecule has 0 amide bonds. The highest BCUT2D eigenvalue weighted by atomic mass is 16.4. The van der Waals surface area contributed by atoms with Crippen molar-refractivity contribution in [2.45, 2.75) is 71.8 Å². The molecular formula is C15H31N3O. The SMILES string of the molecule is CCCCN(CCCCC(C)(C)C(N)=NO)C1CC1. The average molecular weight is 269 g/mol. The van der Waals surface area contributed by atoms with Crippen LogP contribution in [0.4, 0.5) is 0 Å². The van der Waals surface area contributed by atoms with Crippen molar-refractivity contribution in [3.8, 4) is 0 Å². The second kappa shape index (κ2) is 7.73. The van der Waals surface area contributed by atoms with Gasteiger partial charge in [0.05, 0.1) is 0 Å². The molecule has 1 aliphatic carbocycles. The zero-order valence-corrected chi connectivity index (χ0v) is 12.9. The first-order chi connectivity index (χ1) is 9.01. The van der Waals surface area contributed by atoms with Gasteiger partial charge in [0, 0.05) is 11.5 Å². The normalized spacial score (nSPS) is 17.2. The number of nitrogens with zero attached hydrogens (tertiary/aromatic N) is 2. The minimum atomic E-state index is -0.192. The summed E-state index contributed by atoms with van der Waals surface area (Å²) >= 11 is 0. The predicted molar refractivity (Wildman–Crippen MR) is 80.5 cm³/mol. The van der Waals surface area contributed by atoms with Crippen LogP contribution in [0.5, 0.6) is 0 Å². The molecule has 0 aromatic rings. The van der Waals surface area contributed by atoms with E-state index in [2.05, 4.69) is 17.0 Å². The van der Waals surface area contributed by atoms with Crippen molar-refractivity contribution < 1.29 is 5.21 Å². The second-order valence-electron chi connectivity index (χ2n) is 6.45. The summed E-state index contributed by atoms with van der Waals surface area (Å²) in [6.07, 6.45) is 8.70. The second-order valence-corrected chi connectivity index (χ2v) is 6.45. The van der Waals surface area contributed by atoms with Gasteiger partial charge in [-0.3, -0.25) is 0 Å². The maximum atomic E-state index is 8.75. The first-order valence-electron chi connectivity index (χ1n) is 7.73. The number of amidine groups is 1. The molecule has 0 heterocycles. The molecule has 0 unspecified atom stereocenters. The molecular weight excluding hydrogens is 238 g/mol. The van der Waals surface area contributed by atoms with Crippen LogP contribution in [0, 0.1) is 5.41 Å². The van der Waals surface area contributed by atoms with Gasteiger partial charge >= 0.3 is 0 Å². The molecule has 112 valence electrons. The van der Waals surface area contributed by atoms with Gasteiger partial charge in [0.15, 0.2) is 0 Å². The molecule has 3 N–H and O–H groups in total. The van der Waals surface area contributed by atoms with Crippen LogP contribution in [-0.4, -0.2) is 35.1 Å². The van der Waals surface area contributed by atoms with Crippen molar-refractivity contribution in [3.05, 3.63) is 0 Å². The maximum Gasteiger partial charge on any atom is 0.144 e. The summed E-state index contributed by atoms with van der Waals surface area (Å²) in [5, 5.41) is 11.9. The number of nitrogens with two attached hydrogens (primary N) is 1. The quantitative estimate of drug-likeness (QED) is 0.210. The zero-order chi connectivity index (χ0) is 14.3. The van der Waals surface area contributed by atoms with Crippen LogP contribution in [0.2, 0.25) is 0 Å². The van der Waals surface area contributed by atoms with Gasteiger partial charge in [-0.25, -0.2) is 0 Å². The minimum absolute atomic E-state index is 0.192. The molecule has 19 heavy (non-hydrogen) atoms. The minimum Gasteiger partial charge on any atom is -0.409 e. The first-order valence-corrected chi connectivity index (χ1v) is 7.73. The van der Waals surface area contributed by atoms with Crippen LogP contribution in [-0.2, 0) is 0 Å². The average Bonchev–Trinajstić information content (AvgIpc) is 3.21. The van der Waals surface area contributed by atoms with Crippen LogP contribution in [0.3, 0.4) is 0 Å². The summed E-state index contributed by atoms with van der Waals surface area (Å²) in [5.74, 6) is 0.345. The Morgan fingerprint density at radius 3 is 2.42 bits per heavy atom. The fourth-order valence-corrected chi connectivity index (χ4v) is 2.42. The Hall–Kier alpha value is -0.770. The molecule has 0 spiro atoms. The molecule has 0 saturated heterocycles. The highest BCUT2D eigenvalue weighted by Gasteiger charge is 2.28. The van der Waals surface area contributed by atoms with E-state index < -0.39 is 0 Å². The molecule has 1 fully saturated rings. The molecule has 4 nitrogen and oxygen atoms in total. The third-order valence-electron chi connectivity index (χ3n) is 4.16. The molecule has 0 bridgehead atoms. The molecule has 0 radical (unpaired) electrons. The van der Waals surface area contributed by atoms with E-state index in [0.717, 1.165) is 18.9 Å². The molecule has 1 saturated carbocycles. The van der Waals surface area contributed by atoms with Gasteiger partial charge in [-0.15, -0.1) is 0 Å². The number of unbranched alkanes of at least 4 members (excludes halogenated alkanes) is 2. The van der Waals surface area contributed by atoms with E-state index in [1.807, 2.05) is 13.8 Å². The van der Waals surface area contributed by atoms with Crippen LogP contribution in [0.25, 0.3) is 0 Å². The van der Waals surface area contributed by atoms with E-state index in [0.29, 0.717) is 5.84 Å². The lowest BCUT2D eigenvalue weighted by atomic mass is 9.86. The fourth-order valence-electron chi connectivity index (χ4n) is 2.42. The van der Waals surface area contributed by atoms with Crippen molar-refractivity contribution in [1.82, 2.24) is 4.90 Å². The molecule has 0 aromatic heterocycles. The molecule has 4 heteroatoms. The van der Waals surface area contributed by atoms with Crippen LogP contribution in [0.1, 0.15) is 65.7 Å². The van der Waals surface area contributed by atoms with Gasteiger partial charge in [-0.05, 0) is 45.2 Å². The summed E-state index contributed by atoms with van der Waals surface area (Å²) < 4.78 is 0. The number of hydrogen-bond donors (Lipinski definition) is 2. The van der Waals surface area contributed by atoms with Crippen molar-refractivity contribution >= 4 is 5.84 Å².